The van der Waals surface area contributed by atoms with Gasteiger partial charge in [-0.1, -0.05) is 88.3 Å². The molecular formula is C37H20N3PtS-3. The molecule has 4 heterocycles. The molecule has 9 aromatic rings. The number of benzene rings is 5. The molecular weight excluding hydrogens is 714 g/mol. The smallest absolute Gasteiger partial charge is 0.0409 e. The van der Waals surface area contributed by atoms with Gasteiger partial charge in [-0.3, -0.25) is 11.3 Å². The maximum Gasteiger partial charge on any atom is 0.0409 e. The molecule has 0 unspecified atom stereocenters. The van der Waals surface area contributed by atoms with Crippen LogP contribution < -0.4 is 0 Å². The van der Waals surface area contributed by atoms with E-state index >= 15 is 0 Å². The van der Waals surface area contributed by atoms with Crippen LogP contribution in [0.15, 0.2) is 121 Å². The van der Waals surface area contributed by atoms with E-state index in [1.807, 2.05) is 24.4 Å². The monoisotopic (exact) mass is 733 g/mol. The van der Waals surface area contributed by atoms with Crippen molar-refractivity contribution in [3.8, 4) is 22.6 Å². The van der Waals surface area contributed by atoms with Crippen molar-refractivity contribution in [2.45, 2.75) is 0 Å². The minimum atomic E-state index is 0. The van der Waals surface area contributed by atoms with Gasteiger partial charge in [0.25, 0.3) is 0 Å². The van der Waals surface area contributed by atoms with E-state index in [0.717, 1.165) is 50.1 Å². The number of para-hydroxylation sites is 2. The SMILES string of the molecule is [Pt].[c-]1sc2ccccc2c1-n1c2[c-]c(-n3c4[c-]c(-c5ccccn5)ccc4c4ccccc43)ccc2c2ccccc21. The Balaban J connectivity index is 0.00000267. The van der Waals surface area contributed by atoms with Crippen LogP contribution in [0, 0.1) is 17.5 Å². The van der Waals surface area contributed by atoms with Gasteiger partial charge in [-0.05, 0) is 40.2 Å². The summed E-state index contributed by atoms with van der Waals surface area (Å²) in [4.78, 5) is 4.59. The molecule has 0 saturated carbocycles. The van der Waals surface area contributed by atoms with Gasteiger partial charge in [-0.25, -0.2) is 0 Å². The quantitative estimate of drug-likeness (QED) is 0.166. The maximum atomic E-state index is 4.59. The van der Waals surface area contributed by atoms with Crippen LogP contribution in [0.5, 0.6) is 0 Å². The minimum absolute atomic E-state index is 0. The molecule has 0 spiro atoms. The van der Waals surface area contributed by atoms with Gasteiger partial charge in [0.2, 0.25) is 0 Å². The Labute approximate surface area is 260 Å². The molecule has 0 N–H and O–H groups in total. The van der Waals surface area contributed by atoms with Crippen LogP contribution in [0.25, 0.3) is 76.3 Å². The van der Waals surface area contributed by atoms with Gasteiger partial charge in [-0.2, -0.15) is 6.07 Å². The zero-order valence-electron chi connectivity index (χ0n) is 22.1. The van der Waals surface area contributed by atoms with Crippen LogP contribution >= 0.6 is 11.3 Å². The fourth-order valence-electron chi connectivity index (χ4n) is 6.13. The summed E-state index contributed by atoms with van der Waals surface area (Å²) in [7, 11) is 0. The van der Waals surface area contributed by atoms with Crippen molar-refractivity contribution in [1.29, 1.82) is 0 Å². The standard InChI is InChI=1S/C37H20N3S.Pt/c1-4-13-32-26(9-1)28-18-16-24(31-12-7-8-20-38-31)21-34(28)39(32)25-17-19-29-27-10-2-5-14-33(27)40(35(29)22-25)36-23-41-37-15-6-3-11-30(36)37;/h1-20H;/q-3;. The first-order valence-corrected chi connectivity index (χ1v) is 14.4. The van der Waals surface area contributed by atoms with E-state index in [1.165, 1.54) is 26.2 Å². The van der Waals surface area contributed by atoms with E-state index in [4.69, 9.17) is 0 Å². The Morgan fingerprint density at radius 3 is 1.95 bits per heavy atom. The summed E-state index contributed by atoms with van der Waals surface area (Å²) in [6, 6.07) is 48.0. The molecule has 0 bridgehead atoms. The number of hydrogen-bond acceptors (Lipinski definition) is 2. The van der Waals surface area contributed by atoms with Crippen LogP contribution in [0.1, 0.15) is 0 Å². The molecule has 0 aliphatic rings. The molecule has 9 rings (SSSR count). The molecule has 0 aliphatic carbocycles. The second-order valence-corrected chi connectivity index (χ2v) is 11.1. The van der Waals surface area contributed by atoms with Gasteiger partial charge in [0.15, 0.2) is 0 Å². The molecule has 0 aliphatic heterocycles. The summed E-state index contributed by atoms with van der Waals surface area (Å²) in [6.07, 6.45) is 1.83. The largest absolute Gasteiger partial charge is 0.358 e. The van der Waals surface area contributed by atoms with Crippen molar-refractivity contribution in [3.63, 3.8) is 0 Å². The van der Waals surface area contributed by atoms with Crippen LogP contribution in [-0.2, 0) is 21.1 Å². The summed E-state index contributed by atoms with van der Waals surface area (Å²) in [6.45, 7) is 0. The fourth-order valence-corrected chi connectivity index (χ4v) is 6.96. The molecule has 0 radical (unpaired) electrons. The van der Waals surface area contributed by atoms with Gasteiger partial charge >= 0.3 is 0 Å². The average molecular weight is 734 g/mol. The van der Waals surface area contributed by atoms with Crippen molar-refractivity contribution in [3.05, 3.63) is 139 Å². The van der Waals surface area contributed by atoms with Gasteiger partial charge < -0.3 is 14.1 Å². The topological polar surface area (TPSA) is 22.8 Å². The Morgan fingerprint density at radius 2 is 1.19 bits per heavy atom. The van der Waals surface area contributed by atoms with E-state index < -0.39 is 0 Å². The van der Waals surface area contributed by atoms with Crippen molar-refractivity contribution < 1.29 is 21.1 Å². The molecule has 0 atom stereocenters. The fraction of sp³-hybridized carbons (Fsp3) is 0. The zero-order valence-corrected chi connectivity index (χ0v) is 25.2. The first-order valence-electron chi connectivity index (χ1n) is 13.6. The van der Waals surface area contributed by atoms with Gasteiger partial charge in [-0.15, -0.1) is 63.5 Å². The minimum Gasteiger partial charge on any atom is -0.358 e. The second kappa shape index (κ2) is 9.80. The third kappa shape index (κ3) is 3.66. The maximum absolute atomic E-state index is 4.59. The first kappa shape index (κ1) is 25.2. The van der Waals surface area contributed by atoms with Crippen molar-refractivity contribution in [1.82, 2.24) is 14.1 Å². The summed E-state index contributed by atoms with van der Waals surface area (Å²) >= 11 is 1.66. The first-order chi connectivity index (χ1) is 20.3. The van der Waals surface area contributed by atoms with Gasteiger partial charge in [0, 0.05) is 38.3 Å². The number of thiophene rings is 1. The van der Waals surface area contributed by atoms with Crippen molar-refractivity contribution in [2.75, 3.05) is 0 Å². The van der Waals surface area contributed by atoms with Gasteiger partial charge in [0.1, 0.15) is 0 Å². The van der Waals surface area contributed by atoms with E-state index in [0.29, 0.717) is 0 Å². The van der Waals surface area contributed by atoms with Crippen LogP contribution in [0.2, 0.25) is 0 Å². The van der Waals surface area contributed by atoms with Crippen LogP contribution in [0.3, 0.4) is 0 Å². The zero-order chi connectivity index (χ0) is 26.9. The Hall–Kier alpha value is -4.50. The predicted molar refractivity (Wildman–Crippen MR) is 170 cm³/mol. The molecule has 3 nitrogen and oxygen atoms in total. The molecule has 42 heavy (non-hydrogen) atoms. The predicted octanol–water partition coefficient (Wildman–Crippen LogP) is 9.56. The summed E-state index contributed by atoms with van der Waals surface area (Å²) in [5.74, 6) is 0. The summed E-state index contributed by atoms with van der Waals surface area (Å²) in [5, 5.41) is 9.54. The number of aromatic nitrogens is 3. The normalized spacial score (nSPS) is 11.6. The molecule has 4 aromatic heterocycles. The van der Waals surface area contributed by atoms with Crippen molar-refractivity contribution >= 4 is 65.0 Å². The Kier molecular flexibility index (Phi) is 5.89. The van der Waals surface area contributed by atoms with E-state index in [-0.39, 0.29) is 21.1 Å². The Bertz CT molecular complexity index is 2430. The number of hydrogen-bond donors (Lipinski definition) is 0. The second-order valence-electron chi connectivity index (χ2n) is 10.2. The number of fused-ring (bicyclic) bond motifs is 7. The number of pyridine rings is 1. The third-order valence-corrected chi connectivity index (χ3v) is 8.83. The van der Waals surface area contributed by atoms with E-state index in [9.17, 15) is 0 Å². The van der Waals surface area contributed by atoms with Crippen LogP contribution in [0.4, 0.5) is 0 Å². The van der Waals surface area contributed by atoms with E-state index in [1.54, 1.807) is 11.3 Å². The third-order valence-electron chi connectivity index (χ3n) is 7.96. The molecule has 0 amide bonds. The average Bonchev–Trinajstić information content (AvgIpc) is 3.70. The van der Waals surface area contributed by atoms with E-state index in [2.05, 4.69) is 129 Å². The molecule has 5 aromatic carbocycles. The summed E-state index contributed by atoms with van der Waals surface area (Å²) in [5.41, 5.74) is 8.25. The molecule has 202 valence electrons. The number of rotatable bonds is 3. The number of nitrogens with zero attached hydrogens (tertiary/aromatic N) is 3. The summed E-state index contributed by atoms with van der Waals surface area (Å²) < 4.78 is 5.83. The molecule has 5 heteroatoms. The van der Waals surface area contributed by atoms with Gasteiger partial charge in [0.05, 0.1) is 0 Å². The Morgan fingerprint density at radius 1 is 0.548 bits per heavy atom. The molecule has 0 fully saturated rings. The van der Waals surface area contributed by atoms with Crippen molar-refractivity contribution in [2.24, 2.45) is 0 Å². The van der Waals surface area contributed by atoms with Crippen LogP contribution in [-0.4, -0.2) is 14.1 Å². The molecule has 0 saturated heterocycles.